The van der Waals surface area contributed by atoms with Gasteiger partial charge < -0.3 is 9.84 Å². The average molecular weight is 387 g/mol. The van der Waals surface area contributed by atoms with Crippen LogP contribution in [-0.2, 0) is 6.42 Å². The molecular weight excluding hydrogens is 360 g/mol. The van der Waals surface area contributed by atoms with Gasteiger partial charge in [-0.25, -0.2) is 4.98 Å². The van der Waals surface area contributed by atoms with Gasteiger partial charge in [-0.15, -0.1) is 5.10 Å². The summed E-state index contributed by atoms with van der Waals surface area (Å²) in [4.78, 5) is 8.68. The van der Waals surface area contributed by atoms with Crippen molar-refractivity contribution in [1.29, 1.82) is 0 Å². The Kier molecular flexibility index (Phi) is 5.06. The van der Waals surface area contributed by atoms with Gasteiger partial charge in [0.15, 0.2) is 5.82 Å². The lowest BCUT2D eigenvalue weighted by Crippen LogP contribution is -2.37. The molecule has 1 N–H and O–H groups in total. The quantitative estimate of drug-likeness (QED) is 0.721. The van der Waals surface area contributed by atoms with Crippen molar-refractivity contribution in [3.8, 4) is 11.6 Å². The summed E-state index contributed by atoms with van der Waals surface area (Å²) in [5.41, 5.74) is 1.15. The molecule has 6 nitrogen and oxygen atoms in total. The Morgan fingerprint density at radius 3 is 2.74 bits per heavy atom. The van der Waals surface area contributed by atoms with E-state index in [1.54, 1.807) is 11.6 Å². The molecule has 4 rings (SSSR count). The van der Waals surface area contributed by atoms with Crippen molar-refractivity contribution in [1.82, 2.24) is 19.5 Å². The number of ether oxygens (including phenoxy) is 1. The van der Waals surface area contributed by atoms with Crippen LogP contribution in [0.5, 0.6) is 11.6 Å². The average Bonchev–Trinajstić information content (AvgIpc) is 3.22. The molecule has 0 radical (unpaired) electrons. The summed E-state index contributed by atoms with van der Waals surface area (Å²) < 4.78 is 6.90. The highest BCUT2D eigenvalue weighted by atomic mass is 32.1. The van der Waals surface area contributed by atoms with Crippen molar-refractivity contribution in [2.45, 2.75) is 39.2 Å². The van der Waals surface area contributed by atoms with E-state index in [-0.39, 0.29) is 11.9 Å². The second kappa shape index (κ2) is 7.48. The van der Waals surface area contributed by atoms with Crippen molar-refractivity contribution in [3.05, 3.63) is 40.5 Å². The fourth-order valence-electron chi connectivity index (χ4n) is 3.89. The second-order valence-corrected chi connectivity index (χ2v) is 8.29. The highest BCUT2D eigenvalue weighted by Gasteiger charge is 2.31. The molecule has 0 bridgehead atoms. The van der Waals surface area contributed by atoms with E-state index in [4.69, 9.17) is 4.74 Å². The van der Waals surface area contributed by atoms with E-state index >= 15 is 0 Å². The van der Waals surface area contributed by atoms with Gasteiger partial charge in [0.1, 0.15) is 5.75 Å². The van der Waals surface area contributed by atoms with Crippen LogP contribution in [0.4, 0.5) is 0 Å². The molecule has 1 aromatic carbocycles. The monoisotopic (exact) mass is 386 g/mol. The number of aromatic hydroxyl groups is 1. The van der Waals surface area contributed by atoms with E-state index in [1.165, 1.54) is 24.2 Å². The SMILES string of the molecule is CCc1nc2sc([C@@H](c3ccc(OC)cc3)N3CCC[C@H](C)C3)c(O)n2n1. The fourth-order valence-corrected chi connectivity index (χ4v) is 5.03. The van der Waals surface area contributed by atoms with E-state index in [0.717, 1.165) is 46.5 Å². The van der Waals surface area contributed by atoms with Gasteiger partial charge in [0.2, 0.25) is 10.8 Å². The topological polar surface area (TPSA) is 62.9 Å². The Morgan fingerprint density at radius 1 is 1.33 bits per heavy atom. The van der Waals surface area contributed by atoms with Crippen molar-refractivity contribution >= 4 is 16.3 Å². The molecule has 3 aromatic rings. The van der Waals surface area contributed by atoms with E-state index in [1.807, 2.05) is 19.1 Å². The molecule has 27 heavy (non-hydrogen) atoms. The van der Waals surface area contributed by atoms with Crippen molar-refractivity contribution in [2.24, 2.45) is 5.92 Å². The molecule has 7 heteroatoms. The van der Waals surface area contributed by atoms with E-state index in [2.05, 4.69) is 34.0 Å². The lowest BCUT2D eigenvalue weighted by Gasteiger charge is -2.37. The van der Waals surface area contributed by atoms with Crippen LogP contribution in [0.2, 0.25) is 0 Å². The molecule has 1 aliphatic heterocycles. The third-order valence-corrected chi connectivity index (χ3v) is 6.37. The predicted molar refractivity (Wildman–Crippen MR) is 107 cm³/mol. The number of hydrogen-bond acceptors (Lipinski definition) is 6. The molecule has 0 unspecified atom stereocenters. The van der Waals surface area contributed by atoms with Crippen LogP contribution in [0, 0.1) is 5.92 Å². The van der Waals surface area contributed by atoms with Crippen LogP contribution in [0.15, 0.2) is 24.3 Å². The number of piperidine rings is 1. The summed E-state index contributed by atoms with van der Waals surface area (Å²) >= 11 is 1.53. The number of hydrogen-bond donors (Lipinski definition) is 1. The highest BCUT2D eigenvalue weighted by Crippen LogP contribution is 2.41. The first kappa shape index (κ1) is 18.3. The maximum atomic E-state index is 10.9. The summed E-state index contributed by atoms with van der Waals surface area (Å²) in [6.45, 7) is 6.36. The van der Waals surface area contributed by atoms with Gasteiger partial charge in [-0.3, -0.25) is 4.90 Å². The van der Waals surface area contributed by atoms with Gasteiger partial charge in [0.05, 0.1) is 18.0 Å². The maximum Gasteiger partial charge on any atom is 0.230 e. The third kappa shape index (κ3) is 3.41. The third-order valence-electron chi connectivity index (χ3n) is 5.29. The van der Waals surface area contributed by atoms with Crippen molar-refractivity contribution < 1.29 is 9.84 Å². The molecule has 0 aliphatic carbocycles. The van der Waals surface area contributed by atoms with Gasteiger partial charge in [0.25, 0.3) is 0 Å². The first-order valence-corrected chi connectivity index (χ1v) is 10.4. The summed E-state index contributed by atoms with van der Waals surface area (Å²) in [5, 5.41) is 15.4. The molecule has 1 fully saturated rings. The normalized spacial score (nSPS) is 19.4. The largest absolute Gasteiger partial charge is 0.497 e. The predicted octanol–water partition coefficient (Wildman–Crippen LogP) is 3.89. The minimum Gasteiger partial charge on any atom is -0.497 e. The molecule has 0 spiro atoms. The first-order valence-electron chi connectivity index (χ1n) is 9.56. The minimum absolute atomic E-state index is 0.00256. The zero-order valence-corrected chi connectivity index (χ0v) is 16.9. The molecule has 1 saturated heterocycles. The van der Waals surface area contributed by atoms with Gasteiger partial charge in [0, 0.05) is 13.0 Å². The van der Waals surface area contributed by atoms with Crippen molar-refractivity contribution in [2.75, 3.05) is 20.2 Å². The Labute approximate surface area is 163 Å². The molecule has 3 heterocycles. The van der Waals surface area contributed by atoms with Crippen LogP contribution in [0.1, 0.15) is 49.0 Å². The second-order valence-electron chi connectivity index (χ2n) is 7.28. The maximum absolute atomic E-state index is 10.9. The fraction of sp³-hybridized carbons (Fsp3) is 0.500. The molecular formula is C20H26N4O2S. The van der Waals surface area contributed by atoms with Gasteiger partial charge >= 0.3 is 0 Å². The number of benzene rings is 1. The Hall–Kier alpha value is -2.12. The zero-order valence-electron chi connectivity index (χ0n) is 16.1. The van der Waals surface area contributed by atoms with Gasteiger partial charge in [-0.2, -0.15) is 4.52 Å². The summed E-state index contributed by atoms with van der Waals surface area (Å²) in [6.07, 6.45) is 3.19. The van der Waals surface area contributed by atoms with Crippen LogP contribution < -0.4 is 4.74 Å². The number of fused-ring (bicyclic) bond motifs is 1. The molecule has 1 aliphatic rings. The molecule has 0 amide bonds. The summed E-state index contributed by atoms with van der Waals surface area (Å²) in [5.74, 6) is 2.46. The van der Waals surface area contributed by atoms with Gasteiger partial charge in [-0.1, -0.05) is 37.3 Å². The lowest BCUT2D eigenvalue weighted by atomic mass is 9.95. The van der Waals surface area contributed by atoms with E-state index in [0.29, 0.717) is 5.92 Å². The van der Waals surface area contributed by atoms with Crippen LogP contribution >= 0.6 is 11.3 Å². The molecule has 2 atom stereocenters. The Bertz CT molecular complexity index is 918. The molecule has 2 aromatic heterocycles. The van der Waals surface area contributed by atoms with Gasteiger partial charge in [-0.05, 0) is 43.0 Å². The first-order chi connectivity index (χ1) is 13.1. The summed E-state index contributed by atoms with van der Waals surface area (Å²) in [7, 11) is 1.68. The highest BCUT2D eigenvalue weighted by molar-refractivity contribution is 7.17. The van der Waals surface area contributed by atoms with Crippen LogP contribution in [0.25, 0.3) is 4.96 Å². The number of thiazole rings is 1. The Balaban J connectivity index is 1.79. The van der Waals surface area contributed by atoms with Crippen LogP contribution in [-0.4, -0.2) is 44.8 Å². The standard InChI is InChI=1S/C20H26N4O2S/c1-4-16-21-20-24(22-16)19(25)18(27-20)17(23-11-5-6-13(2)12-23)14-7-9-15(26-3)10-8-14/h7-10,13,17,25H,4-6,11-12H2,1-3H3/t13-,17+/m0/s1. The number of nitrogens with zero attached hydrogens (tertiary/aromatic N) is 4. The number of rotatable bonds is 5. The number of aromatic nitrogens is 3. The molecule has 144 valence electrons. The number of aryl methyl sites for hydroxylation is 1. The zero-order chi connectivity index (χ0) is 19.0. The minimum atomic E-state index is -0.00256. The van der Waals surface area contributed by atoms with E-state index in [9.17, 15) is 5.11 Å². The lowest BCUT2D eigenvalue weighted by molar-refractivity contribution is 0.149. The Morgan fingerprint density at radius 2 is 2.11 bits per heavy atom. The molecule has 0 saturated carbocycles. The van der Waals surface area contributed by atoms with Crippen molar-refractivity contribution in [3.63, 3.8) is 0 Å². The summed E-state index contributed by atoms with van der Waals surface area (Å²) in [6, 6.07) is 8.15. The number of likely N-dealkylation sites (tertiary alicyclic amines) is 1. The smallest absolute Gasteiger partial charge is 0.230 e. The number of methoxy groups -OCH3 is 1. The van der Waals surface area contributed by atoms with Crippen LogP contribution in [0.3, 0.4) is 0 Å². The van der Waals surface area contributed by atoms with E-state index < -0.39 is 0 Å².